The number of amides is 3. The second-order valence-corrected chi connectivity index (χ2v) is 7.67. The maximum Gasteiger partial charge on any atom is 0.329 e. The average molecular weight is 409 g/mol. The molecule has 1 fully saturated rings. The predicted octanol–water partition coefficient (Wildman–Crippen LogP) is 1.51. The smallest absolute Gasteiger partial charge is 0.329 e. The van der Waals surface area contributed by atoms with Crippen molar-refractivity contribution in [1.29, 1.82) is 0 Å². The van der Waals surface area contributed by atoms with Crippen LogP contribution in [0.3, 0.4) is 0 Å². The lowest BCUT2D eigenvalue weighted by Crippen LogP contribution is -2.45. The van der Waals surface area contributed by atoms with E-state index in [1.54, 1.807) is 0 Å². The molecule has 0 saturated carbocycles. The Morgan fingerprint density at radius 2 is 1.73 bits per heavy atom. The van der Waals surface area contributed by atoms with Crippen LogP contribution in [0.1, 0.15) is 31.7 Å². The second-order valence-electron chi connectivity index (χ2n) is 7.67. The number of ether oxygens (including phenoxy) is 1. The molecular weight excluding hydrogens is 386 g/mol. The van der Waals surface area contributed by atoms with Gasteiger partial charge in [0.2, 0.25) is 11.8 Å². The van der Waals surface area contributed by atoms with Crippen molar-refractivity contribution in [2.45, 2.75) is 32.2 Å². The number of hydrazone groups is 1. The van der Waals surface area contributed by atoms with Crippen LogP contribution < -0.4 is 0 Å². The van der Waals surface area contributed by atoms with Crippen molar-refractivity contribution in [3.8, 4) is 0 Å². The van der Waals surface area contributed by atoms with Gasteiger partial charge in [-0.15, -0.1) is 0 Å². The van der Waals surface area contributed by atoms with Gasteiger partial charge in [-0.1, -0.05) is 42.5 Å². The molecule has 156 valence electrons. The number of carbonyl (C=O) groups is 4. The summed E-state index contributed by atoms with van der Waals surface area (Å²) in [5.74, 6) is -2.73. The molecule has 3 aliphatic rings. The first-order chi connectivity index (χ1) is 14.5. The van der Waals surface area contributed by atoms with Gasteiger partial charge in [0, 0.05) is 6.42 Å². The molecule has 1 aromatic carbocycles. The molecule has 3 atom stereocenters. The molecule has 2 heterocycles. The van der Waals surface area contributed by atoms with Gasteiger partial charge in [-0.3, -0.25) is 19.3 Å². The van der Waals surface area contributed by atoms with Gasteiger partial charge in [-0.25, -0.2) is 9.80 Å². The van der Waals surface area contributed by atoms with Crippen LogP contribution in [-0.4, -0.2) is 58.5 Å². The maximum atomic E-state index is 12.6. The van der Waals surface area contributed by atoms with E-state index in [-0.39, 0.29) is 11.8 Å². The van der Waals surface area contributed by atoms with Crippen molar-refractivity contribution in [2.24, 2.45) is 16.9 Å². The summed E-state index contributed by atoms with van der Waals surface area (Å²) in [6.45, 7) is 1.38. The molecule has 0 bridgehead atoms. The van der Waals surface area contributed by atoms with Crippen molar-refractivity contribution in [2.75, 3.05) is 13.2 Å². The van der Waals surface area contributed by atoms with Crippen LogP contribution in [0, 0.1) is 11.8 Å². The molecule has 3 amide bonds. The molecule has 30 heavy (non-hydrogen) atoms. The van der Waals surface area contributed by atoms with Gasteiger partial charge in [0.05, 0.1) is 24.1 Å². The fourth-order valence-electron chi connectivity index (χ4n) is 4.11. The Labute approximate surface area is 174 Å². The molecule has 2 aliphatic heterocycles. The summed E-state index contributed by atoms with van der Waals surface area (Å²) in [5, 5.41) is 5.60. The number of likely N-dealkylation sites (tertiary alicyclic amines) is 1. The third kappa shape index (κ3) is 3.65. The summed E-state index contributed by atoms with van der Waals surface area (Å²) in [6, 6.07) is 8.49. The number of imide groups is 1. The van der Waals surface area contributed by atoms with Gasteiger partial charge < -0.3 is 4.74 Å². The van der Waals surface area contributed by atoms with Gasteiger partial charge >= 0.3 is 5.97 Å². The number of fused-ring (bicyclic) bond motifs is 1. The summed E-state index contributed by atoms with van der Waals surface area (Å²) in [5.41, 5.74) is 1.74. The van der Waals surface area contributed by atoms with Gasteiger partial charge in [0.25, 0.3) is 5.91 Å². The zero-order chi connectivity index (χ0) is 21.3. The van der Waals surface area contributed by atoms with E-state index in [1.807, 2.05) is 42.5 Å². The Balaban J connectivity index is 1.33. The van der Waals surface area contributed by atoms with E-state index < -0.39 is 36.4 Å². The minimum Gasteiger partial charge on any atom is -0.454 e. The third-order valence-corrected chi connectivity index (χ3v) is 5.80. The fourth-order valence-corrected chi connectivity index (χ4v) is 4.11. The number of benzene rings is 1. The van der Waals surface area contributed by atoms with Gasteiger partial charge in [-0.05, 0) is 25.3 Å². The quantitative estimate of drug-likeness (QED) is 0.417. The van der Waals surface area contributed by atoms with E-state index >= 15 is 0 Å². The molecule has 8 nitrogen and oxygen atoms in total. The minimum absolute atomic E-state index is 0.346. The summed E-state index contributed by atoms with van der Waals surface area (Å²) in [4.78, 5) is 51.0. The molecule has 0 aromatic heterocycles. The predicted molar refractivity (Wildman–Crippen MR) is 107 cm³/mol. The average Bonchev–Trinajstić information content (AvgIpc) is 3.36. The van der Waals surface area contributed by atoms with E-state index in [9.17, 15) is 19.2 Å². The highest BCUT2D eigenvalue weighted by atomic mass is 16.5. The molecule has 1 aromatic rings. The fraction of sp³-hybridized carbons (Fsp3) is 0.409. The lowest BCUT2D eigenvalue weighted by atomic mass is 9.85. The van der Waals surface area contributed by atoms with E-state index in [0.717, 1.165) is 16.2 Å². The Bertz CT molecular complexity index is 913. The van der Waals surface area contributed by atoms with Crippen molar-refractivity contribution >= 4 is 29.4 Å². The van der Waals surface area contributed by atoms with Gasteiger partial charge in [0.15, 0.2) is 6.61 Å². The van der Waals surface area contributed by atoms with Crippen molar-refractivity contribution < 1.29 is 23.9 Å². The molecule has 0 unspecified atom stereocenters. The molecule has 1 aliphatic carbocycles. The van der Waals surface area contributed by atoms with Crippen LogP contribution in [0.15, 0.2) is 47.6 Å². The first kappa shape index (κ1) is 20.0. The molecule has 0 radical (unpaired) electrons. The third-order valence-electron chi connectivity index (χ3n) is 5.80. The van der Waals surface area contributed by atoms with Crippen LogP contribution in [0.2, 0.25) is 0 Å². The monoisotopic (exact) mass is 409 g/mol. The Morgan fingerprint density at radius 1 is 1.10 bits per heavy atom. The molecule has 0 spiro atoms. The topological polar surface area (TPSA) is 96.3 Å². The normalized spacial score (nSPS) is 24.0. The van der Waals surface area contributed by atoms with Gasteiger partial charge in [0.1, 0.15) is 6.04 Å². The highest BCUT2D eigenvalue weighted by molar-refractivity contribution is 6.08. The summed E-state index contributed by atoms with van der Waals surface area (Å²) < 4.78 is 5.12. The first-order valence-corrected chi connectivity index (χ1v) is 10.1. The van der Waals surface area contributed by atoms with Crippen LogP contribution in [0.25, 0.3) is 0 Å². The Kier molecular flexibility index (Phi) is 5.48. The second kappa shape index (κ2) is 8.22. The van der Waals surface area contributed by atoms with Crippen LogP contribution in [0.5, 0.6) is 0 Å². The highest BCUT2D eigenvalue weighted by Gasteiger charge is 2.50. The maximum absolute atomic E-state index is 12.6. The Hall–Kier alpha value is -3.29. The summed E-state index contributed by atoms with van der Waals surface area (Å²) in [7, 11) is 0. The number of rotatable bonds is 5. The molecule has 0 N–H and O–H groups in total. The highest BCUT2D eigenvalue weighted by Crippen LogP contribution is 2.36. The minimum atomic E-state index is -1.06. The first-order valence-electron chi connectivity index (χ1n) is 10.1. The number of carbonyl (C=O) groups excluding carboxylic acids is 4. The summed E-state index contributed by atoms with van der Waals surface area (Å²) in [6.07, 6.45) is 5.40. The lowest BCUT2D eigenvalue weighted by molar-refractivity contribution is -0.161. The van der Waals surface area contributed by atoms with Crippen LogP contribution in [0.4, 0.5) is 0 Å². The van der Waals surface area contributed by atoms with E-state index in [4.69, 9.17) is 4.74 Å². The standard InChI is InChI=1S/C22H23N3O5/c1-14(25-20(27)16-9-5-6-10-17(16)21(25)28)22(29)30-13-19(26)24-12-11-18(23-24)15-7-3-2-4-8-15/h2-8,14,16-17H,9-13H2,1H3/t14-,16-,17-/m0/s1. The van der Waals surface area contributed by atoms with Gasteiger partial charge in [-0.2, -0.15) is 5.10 Å². The SMILES string of the molecule is C[C@@H](C(=O)OCC(=O)N1CCC(c2ccccc2)=N1)N1C(=O)[C@H]2CC=CC[C@@H]2C1=O. The molecule has 8 heteroatoms. The van der Waals surface area contributed by atoms with E-state index in [1.165, 1.54) is 11.9 Å². The number of esters is 1. The van der Waals surface area contributed by atoms with Crippen molar-refractivity contribution in [3.63, 3.8) is 0 Å². The van der Waals surface area contributed by atoms with Crippen molar-refractivity contribution in [1.82, 2.24) is 9.91 Å². The number of nitrogens with zero attached hydrogens (tertiary/aromatic N) is 3. The van der Waals surface area contributed by atoms with Crippen molar-refractivity contribution in [3.05, 3.63) is 48.0 Å². The number of allylic oxidation sites excluding steroid dienone is 2. The molecule has 4 rings (SSSR count). The van der Waals surface area contributed by atoms with Crippen LogP contribution >= 0.6 is 0 Å². The van der Waals surface area contributed by atoms with Crippen LogP contribution in [-0.2, 0) is 23.9 Å². The van der Waals surface area contributed by atoms with E-state index in [0.29, 0.717) is 25.8 Å². The number of hydrogen-bond acceptors (Lipinski definition) is 6. The summed E-state index contributed by atoms with van der Waals surface area (Å²) >= 11 is 0. The zero-order valence-corrected chi connectivity index (χ0v) is 16.7. The largest absolute Gasteiger partial charge is 0.454 e. The molecular formula is C22H23N3O5. The number of hydrogen-bond donors (Lipinski definition) is 0. The zero-order valence-electron chi connectivity index (χ0n) is 16.7. The lowest BCUT2D eigenvalue weighted by Gasteiger charge is -2.21. The van der Waals surface area contributed by atoms with E-state index in [2.05, 4.69) is 5.10 Å². The Morgan fingerprint density at radius 3 is 2.37 bits per heavy atom. The molecule has 1 saturated heterocycles.